The summed E-state index contributed by atoms with van der Waals surface area (Å²) in [7, 11) is 5.20. The number of nitrogens with one attached hydrogen (secondary N) is 3. The van der Waals surface area contributed by atoms with E-state index in [0.29, 0.717) is 6.54 Å². The molecule has 0 bridgehead atoms. The first-order valence-electron chi connectivity index (χ1n) is 4.77. The van der Waals surface area contributed by atoms with Gasteiger partial charge in [0.15, 0.2) is 5.85 Å². The van der Waals surface area contributed by atoms with Crippen LogP contribution in [-0.2, 0) is 9.53 Å². The lowest BCUT2D eigenvalue weighted by Gasteiger charge is -2.44. The molecule has 1 aliphatic heterocycles. The summed E-state index contributed by atoms with van der Waals surface area (Å²) >= 11 is 0. The molecule has 1 atom stereocenters. The third-order valence-corrected chi connectivity index (χ3v) is 2.64. The molecule has 0 amide bonds. The van der Waals surface area contributed by atoms with Crippen LogP contribution < -0.4 is 16.1 Å². The van der Waals surface area contributed by atoms with E-state index in [1.54, 1.807) is 26.2 Å². The molecule has 4 N–H and O–H groups in total. The molecular weight excluding hydrogens is 200 g/mol. The van der Waals surface area contributed by atoms with Crippen molar-refractivity contribution in [1.82, 2.24) is 21.1 Å². The third kappa shape index (κ3) is 2.44. The average Bonchev–Trinajstić information content (AvgIpc) is 2.27. The molecule has 0 aromatic heterocycles. The maximum atomic E-state index is 10.9. The van der Waals surface area contributed by atoms with E-state index in [-0.39, 0.29) is 6.61 Å². The van der Waals surface area contributed by atoms with Crippen molar-refractivity contribution in [3.63, 3.8) is 0 Å². The van der Waals surface area contributed by atoms with Crippen LogP contribution in [0.2, 0.25) is 0 Å². The summed E-state index contributed by atoms with van der Waals surface area (Å²) in [6.45, 7) is 0.519. The number of aliphatic carboxylic acids is 1. The lowest BCUT2D eigenvalue weighted by molar-refractivity contribution is -0.188. The SMILES string of the molecule is CNN1CC(NC)(NC)OCC1C(=O)O. The van der Waals surface area contributed by atoms with Gasteiger partial charge in [0.05, 0.1) is 13.2 Å². The van der Waals surface area contributed by atoms with E-state index in [2.05, 4.69) is 16.1 Å². The predicted molar refractivity (Wildman–Crippen MR) is 54.0 cm³/mol. The molecule has 15 heavy (non-hydrogen) atoms. The molecule has 1 unspecified atom stereocenters. The number of carboxylic acid groups (broad SMARTS) is 1. The van der Waals surface area contributed by atoms with Crippen LogP contribution >= 0.6 is 0 Å². The maximum absolute atomic E-state index is 10.9. The lowest BCUT2D eigenvalue weighted by atomic mass is 10.2. The van der Waals surface area contributed by atoms with Gasteiger partial charge in [0, 0.05) is 0 Å². The van der Waals surface area contributed by atoms with Gasteiger partial charge in [0.1, 0.15) is 6.04 Å². The highest BCUT2D eigenvalue weighted by Crippen LogP contribution is 2.14. The first-order valence-corrected chi connectivity index (χ1v) is 4.77. The second kappa shape index (κ2) is 4.86. The summed E-state index contributed by atoms with van der Waals surface area (Å²) in [4.78, 5) is 10.9. The molecule has 88 valence electrons. The molecular formula is C8H18N4O3. The number of hydrogen-bond acceptors (Lipinski definition) is 6. The van der Waals surface area contributed by atoms with Gasteiger partial charge in [-0.25, -0.2) is 5.01 Å². The van der Waals surface area contributed by atoms with Crippen LogP contribution in [0, 0.1) is 0 Å². The fraction of sp³-hybridized carbons (Fsp3) is 0.875. The Morgan fingerprint density at radius 1 is 1.47 bits per heavy atom. The van der Waals surface area contributed by atoms with E-state index in [1.165, 1.54) is 0 Å². The molecule has 7 nitrogen and oxygen atoms in total. The molecule has 0 aliphatic carbocycles. The van der Waals surface area contributed by atoms with Crippen molar-refractivity contribution >= 4 is 5.97 Å². The Bertz CT molecular complexity index is 232. The molecule has 1 fully saturated rings. The first kappa shape index (κ1) is 12.3. The van der Waals surface area contributed by atoms with Gasteiger partial charge in [-0.05, 0) is 21.1 Å². The quantitative estimate of drug-likeness (QED) is 0.406. The average molecular weight is 218 g/mol. The minimum absolute atomic E-state index is 0.123. The molecule has 0 aromatic carbocycles. The summed E-state index contributed by atoms with van der Waals surface area (Å²) in [5.74, 6) is -1.60. The van der Waals surface area contributed by atoms with Crippen molar-refractivity contribution in [3.8, 4) is 0 Å². The molecule has 7 heteroatoms. The first-order chi connectivity index (χ1) is 7.08. The summed E-state index contributed by atoms with van der Waals surface area (Å²) in [5.41, 5.74) is 2.85. The number of nitrogens with zero attached hydrogens (tertiary/aromatic N) is 1. The zero-order valence-corrected chi connectivity index (χ0v) is 9.20. The molecule has 1 heterocycles. The summed E-state index contributed by atoms with van der Waals surface area (Å²) in [6, 6.07) is -0.662. The second-order valence-electron chi connectivity index (χ2n) is 3.34. The van der Waals surface area contributed by atoms with Gasteiger partial charge >= 0.3 is 5.97 Å². The largest absolute Gasteiger partial charge is 0.480 e. The molecule has 1 aliphatic rings. The van der Waals surface area contributed by atoms with Gasteiger partial charge in [-0.15, -0.1) is 0 Å². The predicted octanol–water partition coefficient (Wildman–Crippen LogP) is -2.00. The van der Waals surface area contributed by atoms with Crippen molar-refractivity contribution in [2.24, 2.45) is 0 Å². The van der Waals surface area contributed by atoms with Crippen molar-refractivity contribution in [2.75, 3.05) is 34.3 Å². The number of ether oxygens (including phenoxy) is 1. The van der Waals surface area contributed by atoms with Crippen molar-refractivity contribution < 1.29 is 14.6 Å². The van der Waals surface area contributed by atoms with E-state index in [1.807, 2.05) is 0 Å². The van der Waals surface area contributed by atoms with Gasteiger partial charge in [-0.1, -0.05) is 0 Å². The van der Waals surface area contributed by atoms with Crippen LogP contribution in [0.1, 0.15) is 0 Å². The summed E-state index contributed by atoms with van der Waals surface area (Å²) in [6.07, 6.45) is 0. The summed E-state index contributed by atoms with van der Waals surface area (Å²) < 4.78 is 5.49. The Labute approximate surface area is 88.7 Å². The van der Waals surface area contributed by atoms with Crippen LogP contribution in [0.4, 0.5) is 0 Å². The van der Waals surface area contributed by atoms with Gasteiger partial charge in [0.25, 0.3) is 0 Å². The Kier molecular flexibility index (Phi) is 4.00. The van der Waals surface area contributed by atoms with Crippen LogP contribution in [0.5, 0.6) is 0 Å². The zero-order valence-electron chi connectivity index (χ0n) is 9.20. The Morgan fingerprint density at radius 3 is 2.47 bits per heavy atom. The molecule has 0 spiro atoms. The highest BCUT2D eigenvalue weighted by molar-refractivity contribution is 5.73. The molecule has 1 saturated heterocycles. The van der Waals surface area contributed by atoms with Gasteiger partial charge in [-0.3, -0.25) is 20.9 Å². The minimum atomic E-state index is -0.898. The topological polar surface area (TPSA) is 85.9 Å². The monoisotopic (exact) mass is 218 g/mol. The van der Waals surface area contributed by atoms with E-state index >= 15 is 0 Å². The van der Waals surface area contributed by atoms with Gasteiger partial charge < -0.3 is 9.84 Å². The lowest BCUT2D eigenvalue weighted by Crippen LogP contribution is -2.71. The number of morpholine rings is 1. The number of carbonyl (C=O) groups is 1. The van der Waals surface area contributed by atoms with E-state index < -0.39 is 17.9 Å². The second-order valence-corrected chi connectivity index (χ2v) is 3.34. The third-order valence-electron chi connectivity index (χ3n) is 2.64. The highest BCUT2D eigenvalue weighted by atomic mass is 16.5. The van der Waals surface area contributed by atoms with Crippen LogP contribution in [0.3, 0.4) is 0 Å². The van der Waals surface area contributed by atoms with Gasteiger partial charge in [-0.2, -0.15) is 0 Å². The van der Waals surface area contributed by atoms with E-state index in [9.17, 15) is 4.79 Å². The maximum Gasteiger partial charge on any atom is 0.324 e. The van der Waals surface area contributed by atoms with Crippen LogP contribution in [-0.4, -0.2) is 62.3 Å². The van der Waals surface area contributed by atoms with Crippen molar-refractivity contribution in [3.05, 3.63) is 0 Å². The van der Waals surface area contributed by atoms with Gasteiger partial charge in [0.2, 0.25) is 0 Å². The van der Waals surface area contributed by atoms with E-state index in [0.717, 1.165) is 0 Å². The minimum Gasteiger partial charge on any atom is -0.480 e. The van der Waals surface area contributed by atoms with E-state index in [4.69, 9.17) is 9.84 Å². The fourth-order valence-corrected chi connectivity index (χ4v) is 1.57. The standard InChI is InChI=1S/C8H18N4O3/c1-9-8(10-2)5-12(11-3)6(4-15-8)7(13)14/h6,9-11H,4-5H2,1-3H3,(H,13,14). The number of likely N-dealkylation sites (N-methyl/N-ethyl adjacent to an activating group) is 2. The summed E-state index contributed by atoms with van der Waals surface area (Å²) in [5, 5.41) is 16.5. The Morgan fingerprint density at radius 2 is 2.07 bits per heavy atom. The number of rotatable bonds is 4. The van der Waals surface area contributed by atoms with Crippen molar-refractivity contribution in [1.29, 1.82) is 0 Å². The number of carboxylic acids is 1. The molecule has 0 aromatic rings. The number of hydrazine groups is 1. The zero-order chi connectivity index (χ0) is 11.5. The Hall–Kier alpha value is -0.730. The normalized spacial score (nSPS) is 26.5. The smallest absolute Gasteiger partial charge is 0.324 e. The highest BCUT2D eigenvalue weighted by Gasteiger charge is 2.41. The van der Waals surface area contributed by atoms with Crippen LogP contribution in [0.15, 0.2) is 0 Å². The van der Waals surface area contributed by atoms with Crippen LogP contribution in [0.25, 0.3) is 0 Å². The molecule has 0 radical (unpaired) electrons. The van der Waals surface area contributed by atoms with Crippen molar-refractivity contribution in [2.45, 2.75) is 11.9 Å². The fourth-order valence-electron chi connectivity index (χ4n) is 1.57. The number of hydrogen-bond donors (Lipinski definition) is 4. The Balaban J connectivity index is 2.73. The molecule has 0 saturated carbocycles. The molecule has 1 rings (SSSR count).